The predicted molar refractivity (Wildman–Crippen MR) is 97.8 cm³/mol. The van der Waals surface area contributed by atoms with Crippen molar-refractivity contribution in [1.82, 2.24) is 10.2 Å². The summed E-state index contributed by atoms with van der Waals surface area (Å²) in [4.78, 5) is 14.8. The SMILES string of the molecule is CC(C(=O)NCC1CCCCC1)N1C[C@@H](N)[C@H](c2ccccc2)C1. The molecule has 1 unspecified atom stereocenters. The van der Waals surface area contributed by atoms with Gasteiger partial charge in [-0.3, -0.25) is 9.69 Å². The number of nitrogens with zero attached hydrogens (tertiary/aromatic N) is 1. The van der Waals surface area contributed by atoms with Gasteiger partial charge in [0, 0.05) is 31.6 Å². The molecule has 0 radical (unpaired) electrons. The van der Waals surface area contributed by atoms with Crippen LogP contribution < -0.4 is 11.1 Å². The van der Waals surface area contributed by atoms with Gasteiger partial charge in [-0.15, -0.1) is 0 Å². The number of hydrogen-bond acceptors (Lipinski definition) is 3. The second kappa shape index (κ2) is 8.13. The second-order valence-electron chi connectivity index (χ2n) is 7.56. The highest BCUT2D eigenvalue weighted by Gasteiger charge is 2.35. The van der Waals surface area contributed by atoms with Crippen molar-refractivity contribution >= 4 is 5.91 Å². The summed E-state index contributed by atoms with van der Waals surface area (Å²) in [6, 6.07) is 10.4. The van der Waals surface area contributed by atoms with E-state index in [9.17, 15) is 4.79 Å². The molecule has 132 valence electrons. The van der Waals surface area contributed by atoms with Crippen molar-refractivity contribution in [2.75, 3.05) is 19.6 Å². The molecular formula is C20H31N3O. The number of nitrogens with two attached hydrogens (primary N) is 1. The Morgan fingerprint density at radius 1 is 1.21 bits per heavy atom. The molecule has 24 heavy (non-hydrogen) atoms. The Labute approximate surface area is 145 Å². The maximum absolute atomic E-state index is 12.5. The first-order valence-corrected chi connectivity index (χ1v) is 9.47. The van der Waals surface area contributed by atoms with Gasteiger partial charge in [0.15, 0.2) is 0 Å². The van der Waals surface area contributed by atoms with Gasteiger partial charge in [-0.05, 0) is 31.2 Å². The van der Waals surface area contributed by atoms with Crippen LogP contribution in [-0.4, -0.2) is 42.5 Å². The Bertz CT molecular complexity index is 527. The van der Waals surface area contributed by atoms with Crippen LogP contribution in [0.4, 0.5) is 0 Å². The van der Waals surface area contributed by atoms with Crippen LogP contribution in [0.1, 0.15) is 50.5 Å². The van der Waals surface area contributed by atoms with E-state index in [1.165, 1.54) is 37.7 Å². The first kappa shape index (κ1) is 17.4. The zero-order valence-electron chi connectivity index (χ0n) is 14.8. The van der Waals surface area contributed by atoms with Gasteiger partial charge in [0.25, 0.3) is 0 Å². The molecule has 2 aliphatic rings. The lowest BCUT2D eigenvalue weighted by Gasteiger charge is -2.26. The molecule has 0 spiro atoms. The van der Waals surface area contributed by atoms with Gasteiger partial charge >= 0.3 is 0 Å². The monoisotopic (exact) mass is 329 g/mol. The fraction of sp³-hybridized carbons (Fsp3) is 0.650. The van der Waals surface area contributed by atoms with Crippen LogP contribution in [-0.2, 0) is 4.79 Å². The third kappa shape index (κ3) is 4.17. The van der Waals surface area contributed by atoms with Crippen molar-refractivity contribution in [2.45, 2.75) is 57.0 Å². The van der Waals surface area contributed by atoms with Gasteiger partial charge in [-0.25, -0.2) is 0 Å². The molecule has 3 atom stereocenters. The number of carbonyl (C=O) groups excluding carboxylic acids is 1. The van der Waals surface area contributed by atoms with Crippen LogP contribution in [0.2, 0.25) is 0 Å². The first-order valence-electron chi connectivity index (χ1n) is 9.47. The van der Waals surface area contributed by atoms with Gasteiger partial charge in [0.2, 0.25) is 5.91 Å². The first-order chi connectivity index (χ1) is 11.6. The standard InChI is InChI=1S/C20H31N3O/c1-15(20(24)22-12-16-8-4-2-5-9-16)23-13-18(19(21)14-23)17-10-6-3-7-11-17/h3,6-7,10-11,15-16,18-19H,2,4-5,8-9,12-14,21H2,1H3,(H,22,24)/t15?,18-,19+/m0/s1. The fourth-order valence-electron chi connectivity index (χ4n) is 4.18. The summed E-state index contributed by atoms with van der Waals surface area (Å²) in [7, 11) is 0. The average Bonchev–Trinajstić information content (AvgIpc) is 3.02. The molecule has 1 aromatic carbocycles. The Morgan fingerprint density at radius 2 is 1.92 bits per heavy atom. The van der Waals surface area contributed by atoms with E-state index in [2.05, 4.69) is 34.5 Å². The summed E-state index contributed by atoms with van der Waals surface area (Å²) in [5.74, 6) is 1.15. The van der Waals surface area contributed by atoms with E-state index in [1.807, 2.05) is 13.0 Å². The molecule has 4 heteroatoms. The molecule has 3 rings (SSSR count). The molecule has 1 saturated heterocycles. The molecule has 1 aliphatic carbocycles. The van der Waals surface area contributed by atoms with E-state index in [4.69, 9.17) is 5.73 Å². The van der Waals surface area contributed by atoms with Crippen molar-refractivity contribution in [2.24, 2.45) is 11.7 Å². The van der Waals surface area contributed by atoms with Gasteiger partial charge in [-0.1, -0.05) is 49.6 Å². The van der Waals surface area contributed by atoms with Crippen LogP contribution in [0.25, 0.3) is 0 Å². The highest BCUT2D eigenvalue weighted by Crippen LogP contribution is 2.28. The van der Waals surface area contributed by atoms with Crippen LogP contribution in [0.15, 0.2) is 30.3 Å². The average molecular weight is 329 g/mol. The minimum absolute atomic E-state index is 0.0981. The van der Waals surface area contributed by atoms with Gasteiger partial charge < -0.3 is 11.1 Å². The number of rotatable bonds is 5. The van der Waals surface area contributed by atoms with E-state index in [0.717, 1.165) is 19.6 Å². The molecule has 3 N–H and O–H groups in total. The highest BCUT2D eigenvalue weighted by atomic mass is 16.2. The normalized spacial score (nSPS) is 27.1. The largest absolute Gasteiger partial charge is 0.354 e. The van der Waals surface area contributed by atoms with Crippen molar-refractivity contribution in [3.63, 3.8) is 0 Å². The van der Waals surface area contributed by atoms with Gasteiger partial charge in [0.05, 0.1) is 6.04 Å². The number of carbonyl (C=O) groups is 1. The lowest BCUT2D eigenvalue weighted by atomic mass is 9.89. The van der Waals surface area contributed by atoms with Crippen LogP contribution in [0, 0.1) is 5.92 Å². The zero-order valence-corrected chi connectivity index (χ0v) is 14.8. The summed E-state index contributed by atoms with van der Waals surface area (Å²) >= 11 is 0. The van der Waals surface area contributed by atoms with Crippen LogP contribution in [0.5, 0.6) is 0 Å². The molecule has 1 heterocycles. The van der Waals surface area contributed by atoms with E-state index in [1.54, 1.807) is 0 Å². The molecule has 1 aliphatic heterocycles. The van der Waals surface area contributed by atoms with E-state index in [-0.39, 0.29) is 18.0 Å². The Balaban J connectivity index is 1.51. The van der Waals surface area contributed by atoms with Crippen molar-refractivity contribution in [3.05, 3.63) is 35.9 Å². The Hall–Kier alpha value is -1.39. The third-order valence-corrected chi connectivity index (χ3v) is 5.84. The summed E-state index contributed by atoms with van der Waals surface area (Å²) in [6.07, 6.45) is 6.51. The predicted octanol–water partition coefficient (Wildman–Crippen LogP) is 2.50. The van der Waals surface area contributed by atoms with Gasteiger partial charge in [0.1, 0.15) is 0 Å². The number of nitrogens with one attached hydrogen (secondary N) is 1. The summed E-state index contributed by atoms with van der Waals surface area (Å²) < 4.78 is 0. The molecule has 2 fully saturated rings. The topological polar surface area (TPSA) is 58.4 Å². The van der Waals surface area contributed by atoms with E-state index < -0.39 is 0 Å². The molecule has 0 aromatic heterocycles. The summed E-state index contributed by atoms with van der Waals surface area (Å²) in [6.45, 7) is 4.50. The zero-order chi connectivity index (χ0) is 16.9. The fourth-order valence-corrected chi connectivity index (χ4v) is 4.18. The van der Waals surface area contributed by atoms with Crippen molar-refractivity contribution in [1.29, 1.82) is 0 Å². The van der Waals surface area contributed by atoms with E-state index >= 15 is 0 Å². The summed E-state index contributed by atoms with van der Waals surface area (Å²) in [5, 5.41) is 3.18. The minimum atomic E-state index is -0.103. The number of benzene rings is 1. The van der Waals surface area contributed by atoms with Crippen LogP contribution in [0.3, 0.4) is 0 Å². The van der Waals surface area contributed by atoms with E-state index in [0.29, 0.717) is 11.8 Å². The third-order valence-electron chi connectivity index (χ3n) is 5.84. The maximum atomic E-state index is 12.5. The Morgan fingerprint density at radius 3 is 2.62 bits per heavy atom. The quantitative estimate of drug-likeness (QED) is 0.872. The lowest BCUT2D eigenvalue weighted by Crippen LogP contribution is -2.46. The molecule has 1 saturated carbocycles. The molecule has 1 amide bonds. The highest BCUT2D eigenvalue weighted by molar-refractivity contribution is 5.81. The Kier molecular flexibility index (Phi) is 5.90. The minimum Gasteiger partial charge on any atom is -0.354 e. The van der Waals surface area contributed by atoms with Crippen molar-refractivity contribution < 1.29 is 4.79 Å². The lowest BCUT2D eigenvalue weighted by molar-refractivity contribution is -0.125. The molecule has 1 aromatic rings. The molecular weight excluding hydrogens is 298 g/mol. The number of amides is 1. The molecule has 4 nitrogen and oxygen atoms in total. The maximum Gasteiger partial charge on any atom is 0.237 e. The summed E-state index contributed by atoms with van der Waals surface area (Å²) in [5.41, 5.74) is 7.64. The molecule has 0 bridgehead atoms. The number of hydrogen-bond donors (Lipinski definition) is 2. The second-order valence-corrected chi connectivity index (χ2v) is 7.56. The van der Waals surface area contributed by atoms with Gasteiger partial charge in [-0.2, -0.15) is 0 Å². The van der Waals surface area contributed by atoms with Crippen molar-refractivity contribution in [3.8, 4) is 0 Å². The number of likely N-dealkylation sites (tertiary alicyclic amines) is 1. The van der Waals surface area contributed by atoms with Crippen LogP contribution >= 0.6 is 0 Å². The smallest absolute Gasteiger partial charge is 0.237 e.